The molecule has 0 saturated heterocycles. The standard InChI is InChI=1S/C8H10FIO/c1-6-2-7(9)4-8(3-6)11-5-10/h2,4,6H,3,5H2,1H3/t6-/m0/s1. The lowest BCUT2D eigenvalue weighted by Crippen LogP contribution is -2.02. The lowest BCUT2D eigenvalue weighted by Gasteiger charge is -2.14. The fraction of sp³-hybridized carbons (Fsp3) is 0.500. The fourth-order valence-corrected chi connectivity index (χ4v) is 1.48. The van der Waals surface area contributed by atoms with E-state index in [1.807, 2.05) is 6.92 Å². The lowest BCUT2D eigenvalue weighted by atomic mass is 10.0. The van der Waals surface area contributed by atoms with Gasteiger partial charge in [-0.05, 0) is 34.6 Å². The molecular weight excluding hydrogens is 258 g/mol. The second-order valence-corrected chi connectivity index (χ2v) is 3.22. The number of ether oxygens (including phenoxy) is 1. The number of halogens is 2. The van der Waals surface area contributed by atoms with Crippen molar-refractivity contribution in [1.29, 1.82) is 0 Å². The highest BCUT2D eigenvalue weighted by Crippen LogP contribution is 2.23. The maximum Gasteiger partial charge on any atom is 0.138 e. The van der Waals surface area contributed by atoms with Crippen molar-refractivity contribution >= 4 is 22.6 Å². The first-order valence-electron chi connectivity index (χ1n) is 3.49. The van der Waals surface area contributed by atoms with Gasteiger partial charge in [-0.3, -0.25) is 0 Å². The Morgan fingerprint density at radius 1 is 1.82 bits per heavy atom. The molecule has 0 aromatic rings. The Morgan fingerprint density at radius 2 is 2.55 bits per heavy atom. The zero-order chi connectivity index (χ0) is 8.27. The topological polar surface area (TPSA) is 9.23 Å². The molecule has 1 nitrogen and oxygen atoms in total. The maximum absolute atomic E-state index is 12.7. The summed E-state index contributed by atoms with van der Waals surface area (Å²) < 4.78 is 18.5. The van der Waals surface area contributed by atoms with Gasteiger partial charge in [0.15, 0.2) is 0 Å². The van der Waals surface area contributed by atoms with Gasteiger partial charge in [0.2, 0.25) is 0 Å². The van der Waals surface area contributed by atoms with Crippen LogP contribution in [0, 0.1) is 5.92 Å². The summed E-state index contributed by atoms with van der Waals surface area (Å²) in [4.78, 5) is 0. The number of alkyl halides is 1. The molecule has 3 heteroatoms. The molecule has 1 atom stereocenters. The second-order valence-electron chi connectivity index (χ2n) is 2.60. The number of hydrogen-bond donors (Lipinski definition) is 0. The number of rotatable bonds is 2. The molecule has 0 amide bonds. The third-order valence-corrected chi connectivity index (χ3v) is 1.82. The molecule has 1 aliphatic rings. The van der Waals surface area contributed by atoms with E-state index in [-0.39, 0.29) is 11.7 Å². The van der Waals surface area contributed by atoms with Crippen LogP contribution in [-0.4, -0.2) is 4.61 Å². The van der Waals surface area contributed by atoms with Crippen LogP contribution in [0.1, 0.15) is 13.3 Å². The van der Waals surface area contributed by atoms with Gasteiger partial charge in [-0.15, -0.1) is 0 Å². The maximum atomic E-state index is 12.7. The zero-order valence-electron chi connectivity index (χ0n) is 6.31. The predicted octanol–water partition coefficient (Wildman–Crippen LogP) is 3.17. The van der Waals surface area contributed by atoms with Crippen LogP contribution in [0.4, 0.5) is 4.39 Å². The minimum absolute atomic E-state index is 0.177. The van der Waals surface area contributed by atoms with E-state index in [4.69, 9.17) is 4.74 Å². The minimum Gasteiger partial charge on any atom is -0.488 e. The monoisotopic (exact) mass is 268 g/mol. The molecule has 0 fully saturated rings. The Hall–Kier alpha value is -0.0600. The van der Waals surface area contributed by atoms with E-state index in [1.54, 1.807) is 6.08 Å². The highest BCUT2D eigenvalue weighted by molar-refractivity contribution is 14.1. The van der Waals surface area contributed by atoms with Gasteiger partial charge < -0.3 is 4.74 Å². The molecule has 0 aromatic heterocycles. The van der Waals surface area contributed by atoms with Gasteiger partial charge in [-0.1, -0.05) is 6.92 Å². The van der Waals surface area contributed by atoms with Crippen LogP contribution in [0.3, 0.4) is 0 Å². The largest absolute Gasteiger partial charge is 0.488 e. The van der Waals surface area contributed by atoms with Crippen molar-refractivity contribution in [3.8, 4) is 0 Å². The van der Waals surface area contributed by atoms with Gasteiger partial charge in [-0.25, -0.2) is 4.39 Å². The first kappa shape index (κ1) is 9.03. The summed E-state index contributed by atoms with van der Waals surface area (Å²) in [5.74, 6) is 0.841. The van der Waals surface area contributed by atoms with Gasteiger partial charge >= 0.3 is 0 Å². The Labute approximate surface area is 79.4 Å². The molecule has 0 heterocycles. The smallest absolute Gasteiger partial charge is 0.138 e. The van der Waals surface area contributed by atoms with Crippen LogP contribution in [0.15, 0.2) is 23.7 Å². The third-order valence-electron chi connectivity index (χ3n) is 1.51. The van der Waals surface area contributed by atoms with Crippen LogP contribution in [-0.2, 0) is 4.74 Å². The van der Waals surface area contributed by atoms with Crippen molar-refractivity contribution in [1.82, 2.24) is 0 Å². The molecule has 1 aliphatic carbocycles. The summed E-state index contributed by atoms with van der Waals surface area (Å²) in [6, 6.07) is 0. The Kier molecular flexibility index (Phi) is 3.36. The van der Waals surface area contributed by atoms with Crippen LogP contribution in [0.2, 0.25) is 0 Å². The van der Waals surface area contributed by atoms with E-state index >= 15 is 0 Å². The van der Waals surface area contributed by atoms with E-state index in [1.165, 1.54) is 6.08 Å². The molecule has 0 bridgehead atoms. The fourth-order valence-electron chi connectivity index (χ4n) is 1.08. The van der Waals surface area contributed by atoms with Gasteiger partial charge in [0, 0.05) is 12.5 Å². The lowest BCUT2D eigenvalue weighted by molar-refractivity contribution is 0.256. The van der Waals surface area contributed by atoms with Crippen molar-refractivity contribution in [2.75, 3.05) is 4.61 Å². The summed E-state index contributed by atoms with van der Waals surface area (Å²) in [6.45, 7) is 1.98. The summed E-state index contributed by atoms with van der Waals surface area (Å²) >= 11 is 2.10. The molecule has 62 valence electrons. The van der Waals surface area contributed by atoms with E-state index in [0.717, 1.165) is 12.2 Å². The number of hydrogen-bond acceptors (Lipinski definition) is 1. The van der Waals surface area contributed by atoms with Crippen LogP contribution < -0.4 is 0 Å². The molecule has 11 heavy (non-hydrogen) atoms. The second kappa shape index (κ2) is 4.09. The quantitative estimate of drug-likeness (QED) is 0.552. The van der Waals surface area contributed by atoms with E-state index in [9.17, 15) is 4.39 Å². The van der Waals surface area contributed by atoms with Crippen molar-refractivity contribution in [2.45, 2.75) is 13.3 Å². The summed E-state index contributed by atoms with van der Waals surface area (Å²) in [5, 5.41) is 0. The summed E-state index contributed by atoms with van der Waals surface area (Å²) in [5.41, 5.74) is 0. The summed E-state index contributed by atoms with van der Waals surface area (Å²) in [6.07, 6.45) is 3.88. The highest BCUT2D eigenvalue weighted by Gasteiger charge is 2.11. The van der Waals surface area contributed by atoms with Gasteiger partial charge in [-0.2, -0.15) is 0 Å². The Morgan fingerprint density at radius 3 is 3.09 bits per heavy atom. The average molecular weight is 268 g/mol. The normalized spacial score (nSPS) is 24.1. The molecule has 0 radical (unpaired) electrons. The molecular formula is C8H10FIO. The van der Waals surface area contributed by atoms with Gasteiger partial charge in [0.25, 0.3) is 0 Å². The first-order chi connectivity index (χ1) is 5.22. The van der Waals surface area contributed by atoms with Gasteiger partial charge in [0.05, 0.1) is 0 Å². The summed E-state index contributed by atoms with van der Waals surface area (Å²) in [7, 11) is 0. The molecule has 0 unspecified atom stereocenters. The predicted molar refractivity (Wildman–Crippen MR) is 51.0 cm³/mol. The Bertz CT molecular complexity index is 198. The van der Waals surface area contributed by atoms with Gasteiger partial charge in [0.1, 0.15) is 16.2 Å². The minimum atomic E-state index is -0.177. The molecule has 0 spiro atoms. The molecule has 0 N–H and O–H groups in total. The Balaban J connectivity index is 2.60. The van der Waals surface area contributed by atoms with E-state index < -0.39 is 0 Å². The van der Waals surface area contributed by atoms with Crippen molar-refractivity contribution in [2.24, 2.45) is 5.92 Å². The first-order valence-corrected chi connectivity index (χ1v) is 5.01. The molecule has 0 aromatic carbocycles. The van der Waals surface area contributed by atoms with E-state index in [2.05, 4.69) is 22.6 Å². The van der Waals surface area contributed by atoms with Crippen LogP contribution in [0.5, 0.6) is 0 Å². The molecule has 0 saturated carbocycles. The van der Waals surface area contributed by atoms with Crippen molar-refractivity contribution in [3.05, 3.63) is 23.7 Å². The molecule has 0 aliphatic heterocycles. The molecule has 1 rings (SSSR count). The SMILES string of the molecule is C[C@H]1C=C(F)C=C(OCI)C1. The van der Waals surface area contributed by atoms with E-state index in [0.29, 0.717) is 4.61 Å². The third kappa shape index (κ3) is 2.81. The van der Waals surface area contributed by atoms with Crippen LogP contribution in [0.25, 0.3) is 0 Å². The van der Waals surface area contributed by atoms with Crippen molar-refractivity contribution in [3.63, 3.8) is 0 Å². The van der Waals surface area contributed by atoms with Crippen LogP contribution >= 0.6 is 22.6 Å². The average Bonchev–Trinajstić information content (AvgIpc) is 1.85. The zero-order valence-corrected chi connectivity index (χ0v) is 8.47. The number of allylic oxidation sites excluding steroid dienone is 4. The van der Waals surface area contributed by atoms with Crippen molar-refractivity contribution < 1.29 is 9.13 Å². The highest BCUT2D eigenvalue weighted by atomic mass is 127.